The zero-order valence-corrected chi connectivity index (χ0v) is 9.83. The van der Waals surface area contributed by atoms with Crippen molar-refractivity contribution in [3.63, 3.8) is 0 Å². The summed E-state index contributed by atoms with van der Waals surface area (Å²) < 4.78 is 22.9. The van der Waals surface area contributed by atoms with Crippen molar-refractivity contribution in [2.75, 3.05) is 6.26 Å². The second-order valence-electron chi connectivity index (χ2n) is 3.53. The smallest absolute Gasteiger partial charge is 0.291 e. The molecule has 0 amide bonds. The average molecular weight is 266 g/mol. The van der Waals surface area contributed by atoms with E-state index in [1.165, 1.54) is 0 Å². The molecule has 2 aromatic rings. The molecule has 2 heterocycles. The molecule has 0 aliphatic carbocycles. The lowest BCUT2D eigenvalue weighted by Crippen LogP contribution is -2.23. The summed E-state index contributed by atoms with van der Waals surface area (Å²) in [6.07, 6.45) is 0.882. The number of H-pyrrole nitrogens is 2. The Bertz CT molecular complexity index is 901. The van der Waals surface area contributed by atoms with E-state index in [0.717, 1.165) is 12.3 Å². The van der Waals surface area contributed by atoms with Gasteiger partial charge < -0.3 is 0 Å². The quantitative estimate of drug-likeness (QED) is 0.671. The van der Waals surface area contributed by atoms with Gasteiger partial charge in [0.25, 0.3) is 5.56 Å². The Morgan fingerprint density at radius 3 is 2.56 bits per heavy atom. The summed E-state index contributed by atoms with van der Waals surface area (Å²) in [7, 11) is -3.73. The van der Waals surface area contributed by atoms with E-state index in [-0.39, 0.29) is 16.6 Å². The number of hydrogen-bond donors (Lipinski definition) is 2. The van der Waals surface area contributed by atoms with E-state index in [1.807, 2.05) is 4.98 Å². The molecule has 9 heteroatoms. The molecule has 18 heavy (non-hydrogen) atoms. The summed E-state index contributed by atoms with van der Waals surface area (Å²) in [5.74, 6) is 0. The van der Waals surface area contributed by atoms with Crippen LogP contribution in [0.15, 0.2) is 20.7 Å². The number of hydrogen-bond acceptors (Lipinski definition) is 6. The van der Waals surface area contributed by atoms with Gasteiger partial charge in [0.05, 0.1) is 10.9 Å². The summed E-state index contributed by atoms with van der Waals surface area (Å²) in [5, 5.41) is 8.32. The van der Waals surface area contributed by atoms with Gasteiger partial charge in [-0.15, -0.1) is 0 Å². The van der Waals surface area contributed by atoms with Crippen LogP contribution < -0.4 is 11.2 Å². The maximum absolute atomic E-state index is 11.5. The Kier molecular flexibility index (Phi) is 2.52. The number of fused-ring (bicyclic) bond motifs is 1. The van der Waals surface area contributed by atoms with Crippen molar-refractivity contribution in [3.8, 4) is 6.07 Å². The van der Waals surface area contributed by atoms with Gasteiger partial charge in [0.2, 0.25) is 0 Å². The highest BCUT2D eigenvalue weighted by atomic mass is 32.2. The first kappa shape index (κ1) is 12.0. The lowest BCUT2D eigenvalue weighted by molar-refractivity contribution is 0.598. The van der Waals surface area contributed by atoms with Crippen molar-refractivity contribution >= 4 is 20.9 Å². The first-order valence-corrected chi connectivity index (χ1v) is 6.49. The van der Waals surface area contributed by atoms with Gasteiger partial charge in [-0.2, -0.15) is 5.26 Å². The third-order valence-electron chi connectivity index (χ3n) is 2.16. The van der Waals surface area contributed by atoms with E-state index >= 15 is 0 Å². The molecule has 0 fully saturated rings. The van der Waals surface area contributed by atoms with Crippen molar-refractivity contribution in [3.05, 3.63) is 32.5 Å². The molecule has 2 N–H and O–H groups in total. The minimum atomic E-state index is -3.73. The average Bonchev–Trinajstić information content (AvgIpc) is 2.26. The van der Waals surface area contributed by atoms with Crippen LogP contribution in [0.2, 0.25) is 0 Å². The van der Waals surface area contributed by atoms with Crippen molar-refractivity contribution in [2.45, 2.75) is 5.03 Å². The van der Waals surface area contributed by atoms with Crippen LogP contribution >= 0.6 is 0 Å². The minimum absolute atomic E-state index is 0.0569. The van der Waals surface area contributed by atoms with E-state index in [9.17, 15) is 18.0 Å². The van der Waals surface area contributed by atoms with Crippen LogP contribution in [0.5, 0.6) is 0 Å². The van der Waals surface area contributed by atoms with Crippen LogP contribution in [0, 0.1) is 11.3 Å². The van der Waals surface area contributed by atoms with Gasteiger partial charge in [-0.1, -0.05) is 0 Å². The third-order valence-corrected chi connectivity index (χ3v) is 3.18. The highest BCUT2D eigenvalue weighted by Gasteiger charge is 2.18. The molecule has 0 aliphatic heterocycles. The number of rotatable bonds is 1. The maximum atomic E-state index is 11.5. The highest BCUT2D eigenvalue weighted by Crippen LogP contribution is 2.15. The van der Waals surface area contributed by atoms with Gasteiger partial charge in [0.15, 0.2) is 14.9 Å². The molecule has 0 radical (unpaired) electrons. The number of nitrogens with one attached hydrogen (secondary N) is 2. The second-order valence-corrected chi connectivity index (χ2v) is 5.46. The number of sulfone groups is 1. The molecule has 0 aromatic carbocycles. The van der Waals surface area contributed by atoms with Gasteiger partial charge in [-0.3, -0.25) is 14.8 Å². The molecule has 0 atom stereocenters. The molecule has 0 spiro atoms. The van der Waals surface area contributed by atoms with E-state index in [2.05, 4.69) is 9.97 Å². The zero-order valence-electron chi connectivity index (χ0n) is 9.01. The summed E-state index contributed by atoms with van der Waals surface area (Å²) in [4.78, 5) is 30.3. The molecule has 0 unspecified atom stereocenters. The molecule has 92 valence electrons. The standard InChI is InChI=1S/C9H6N4O4S/c1-18(16,17)8-4(3-10)2-5-6(11-8)12-9(15)13-7(5)14/h2H,1H3,(H2,11,12,13,14,15). The molecule has 2 rings (SSSR count). The fourth-order valence-electron chi connectivity index (χ4n) is 1.44. The second kappa shape index (κ2) is 3.78. The predicted octanol–water partition coefficient (Wildman–Crippen LogP) is -1.11. The SMILES string of the molecule is CS(=O)(=O)c1nc2[nH]c(=O)[nH]c(=O)c2cc1C#N. The van der Waals surface area contributed by atoms with Gasteiger partial charge in [-0.05, 0) is 6.07 Å². The first-order chi connectivity index (χ1) is 8.32. The summed E-state index contributed by atoms with van der Waals surface area (Å²) in [5.41, 5.74) is -1.97. The van der Waals surface area contributed by atoms with Gasteiger partial charge in [-0.25, -0.2) is 18.2 Å². The van der Waals surface area contributed by atoms with Crippen molar-refractivity contribution in [1.29, 1.82) is 5.26 Å². The van der Waals surface area contributed by atoms with Gasteiger partial charge in [0.1, 0.15) is 11.7 Å². The van der Waals surface area contributed by atoms with Crippen LogP contribution in [0.25, 0.3) is 11.0 Å². The number of aromatic amines is 2. The third kappa shape index (κ3) is 1.89. The summed E-state index contributed by atoms with van der Waals surface area (Å²) in [6.45, 7) is 0. The largest absolute Gasteiger partial charge is 0.327 e. The number of aromatic nitrogens is 3. The Morgan fingerprint density at radius 2 is 2.00 bits per heavy atom. The Labute approximate surface area is 99.8 Å². The maximum Gasteiger partial charge on any atom is 0.327 e. The molecule has 0 saturated carbocycles. The van der Waals surface area contributed by atoms with Crippen LogP contribution in [0.1, 0.15) is 5.56 Å². The van der Waals surface area contributed by atoms with Crippen LogP contribution in [0.4, 0.5) is 0 Å². The first-order valence-electron chi connectivity index (χ1n) is 4.60. The van der Waals surface area contributed by atoms with Gasteiger partial charge >= 0.3 is 5.69 Å². The van der Waals surface area contributed by atoms with E-state index in [1.54, 1.807) is 6.07 Å². The normalized spacial score (nSPS) is 11.3. The van der Waals surface area contributed by atoms with Crippen molar-refractivity contribution in [1.82, 2.24) is 15.0 Å². The topological polar surface area (TPSA) is 137 Å². The molecule has 8 nitrogen and oxygen atoms in total. The Balaban J connectivity index is 3.06. The Hall–Kier alpha value is -2.47. The summed E-state index contributed by atoms with van der Waals surface area (Å²) in [6, 6.07) is 2.73. The van der Waals surface area contributed by atoms with Crippen LogP contribution in [-0.4, -0.2) is 29.6 Å². The highest BCUT2D eigenvalue weighted by molar-refractivity contribution is 7.90. The number of nitriles is 1. The summed E-state index contributed by atoms with van der Waals surface area (Å²) >= 11 is 0. The van der Waals surface area contributed by atoms with Crippen molar-refractivity contribution < 1.29 is 8.42 Å². The zero-order chi connectivity index (χ0) is 13.5. The molecule has 0 saturated heterocycles. The van der Waals surface area contributed by atoms with E-state index in [0.29, 0.717) is 0 Å². The molecular weight excluding hydrogens is 260 g/mol. The number of pyridine rings is 1. The molecular formula is C9H6N4O4S. The fraction of sp³-hybridized carbons (Fsp3) is 0.111. The monoisotopic (exact) mass is 266 g/mol. The van der Waals surface area contributed by atoms with E-state index < -0.39 is 26.1 Å². The lowest BCUT2D eigenvalue weighted by atomic mass is 10.2. The van der Waals surface area contributed by atoms with Crippen molar-refractivity contribution in [2.24, 2.45) is 0 Å². The van der Waals surface area contributed by atoms with Gasteiger partial charge in [0, 0.05) is 6.26 Å². The molecule has 0 bridgehead atoms. The minimum Gasteiger partial charge on any atom is -0.291 e. The van der Waals surface area contributed by atoms with Crippen LogP contribution in [-0.2, 0) is 9.84 Å². The molecule has 2 aromatic heterocycles. The van der Waals surface area contributed by atoms with Crippen LogP contribution in [0.3, 0.4) is 0 Å². The Morgan fingerprint density at radius 1 is 1.33 bits per heavy atom. The fourth-order valence-corrected chi connectivity index (χ4v) is 2.20. The predicted molar refractivity (Wildman–Crippen MR) is 60.8 cm³/mol. The number of nitrogens with zero attached hydrogens (tertiary/aromatic N) is 2. The lowest BCUT2D eigenvalue weighted by Gasteiger charge is -2.02. The van der Waals surface area contributed by atoms with E-state index in [4.69, 9.17) is 5.26 Å². The molecule has 0 aliphatic rings.